The zero-order valence-corrected chi connectivity index (χ0v) is 18.2. The van der Waals surface area contributed by atoms with Gasteiger partial charge in [0.25, 0.3) is 11.8 Å². The van der Waals surface area contributed by atoms with E-state index in [2.05, 4.69) is 26.6 Å². The van der Waals surface area contributed by atoms with E-state index in [0.29, 0.717) is 22.5 Å². The van der Waals surface area contributed by atoms with Crippen molar-refractivity contribution < 1.29 is 14.0 Å². The summed E-state index contributed by atoms with van der Waals surface area (Å²) in [4.78, 5) is 27.1. The largest absolute Gasteiger partial charge is 0.377 e. The molecule has 0 fully saturated rings. The van der Waals surface area contributed by atoms with E-state index >= 15 is 0 Å². The van der Waals surface area contributed by atoms with Crippen molar-refractivity contribution in [2.45, 2.75) is 6.54 Å². The molecule has 0 radical (unpaired) electrons. The van der Waals surface area contributed by atoms with Crippen LogP contribution >= 0.6 is 15.9 Å². The first-order chi connectivity index (χ1) is 14.3. The minimum absolute atomic E-state index is 0.265. The third-order valence-electron chi connectivity index (χ3n) is 4.45. The van der Waals surface area contributed by atoms with Crippen LogP contribution < -0.4 is 15.5 Å². The van der Waals surface area contributed by atoms with Crippen molar-refractivity contribution in [2.75, 3.05) is 24.3 Å². The van der Waals surface area contributed by atoms with Gasteiger partial charge in [-0.05, 0) is 60.2 Å². The first kappa shape index (κ1) is 21.5. The molecule has 0 saturated heterocycles. The van der Waals surface area contributed by atoms with Gasteiger partial charge in [0.05, 0.1) is 5.56 Å². The third kappa shape index (κ3) is 5.45. The normalized spacial score (nSPS) is 10.4. The van der Waals surface area contributed by atoms with Crippen LogP contribution in [0.5, 0.6) is 0 Å². The van der Waals surface area contributed by atoms with Crippen LogP contribution in [-0.2, 0) is 6.54 Å². The number of benzene rings is 3. The molecule has 0 atom stereocenters. The van der Waals surface area contributed by atoms with Gasteiger partial charge in [-0.1, -0.05) is 28.1 Å². The molecule has 0 bridgehead atoms. The highest BCUT2D eigenvalue weighted by molar-refractivity contribution is 9.10. The second-order valence-corrected chi connectivity index (χ2v) is 7.81. The molecule has 2 amide bonds. The fourth-order valence-corrected chi connectivity index (χ4v) is 3.13. The molecule has 3 aromatic carbocycles. The van der Waals surface area contributed by atoms with Crippen molar-refractivity contribution in [3.05, 3.63) is 93.7 Å². The maximum atomic E-state index is 13.1. The molecule has 0 spiro atoms. The van der Waals surface area contributed by atoms with Crippen LogP contribution in [0.3, 0.4) is 0 Å². The maximum Gasteiger partial charge on any atom is 0.255 e. The summed E-state index contributed by atoms with van der Waals surface area (Å²) < 4.78 is 13.9. The van der Waals surface area contributed by atoms with Crippen molar-refractivity contribution in [1.82, 2.24) is 5.32 Å². The lowest BCUT2D eigenvalue weighted by atomic mass is 10.1. The summed E-state index contributed by atoms with van der Waals surface area (Å²) in [5.41, 5.74) is 2.96. The topological polar surface area (TPSA) is 61.4 Å². The lowest BCUT2D eigenvalue weighted by Gasteiger charge is -2.18. The number of anilines is 2. The Morgan fingerprint density at radius 2 is 1.60 bits per heavy atom. The molecule has 0 aliphatic heterocycles. The number of carbonyl (C=O) groups excluding carboxylic acids is 2. The second kappa shape index (κ2) is 9.54. The van der Waals surface area contributed by atoms with Crippen LogP contribution in [0.15, 0.2) is 71.2 Å². The van der Waals surface area contributed by atoms with Gasteiger partial charge in [-0.2, -0.15) is 0 Å². The predicted molar refractivity (Wildman–Crippen MR) is 120 cm³/mol. The molecular formula is C23H21BrFN3O2. The van der Waals surface area contributed by atoms with Gasteiger partial charge in [-0.3, -0.25) is 9.59 Å². The molecule has 154 valence electrons. The van der Waals surface area contributed by atoms with Crippen LogP contribution in [0.25, 0.3) is 0 Å². The van der Waals surface area contributed by atoms with E-state index < -0.39 is 0 Å². The summed E-state index contributed by atoms with van der Waals surface area (Å²) in [6.07, 6.45) is 0. The SMILES string of the molecule is CN(C)c1ccc(NC(=O)c2ccc(Br)cc2)cc1C(=O)NCc1ccc(F)cc1. The van der Waals surface area contributed by atoms with Gasteiger partial charge in [-0.25, -0.2) is 4.39 Å². The number of hydrogen-bond donors (Lipinski definition) is 2. The molecule has 7 heteroatoms. The van der Waals surface area contributed by atoms with Crippen molar-refractivity contribution in [2.24, 2.45) is 0 Å². The number of nitrogens with one attached hydrogen (secondary N) is 2. The Bertz CT molecular complexity index is 1050. The minimum atomic E-state index is -0.325. The molecule has 5 nitrogen and oxygen atoms in total. The van der Waals surface area contributed by atoms with Crippen molar-refractivity contribution >= 4 is 39.1 Å². The van der Waals surface area contributed by atoms with Crippen LogP contribution in [-0.4, -0.2) is 25.9 Å². The molecule has 0 aromatic heterocycles. The smallest absolute Gasteiger partial charge is 0.255 e. The molecule has 0 unspecified atom stereocenters. The summed E-state index contributed by atoms with van der Waals surface area (Å²) in [5.74, 6) is -0.880. The summed E-state index contributed by atoms with van der Waals surface area (Å²) in [6.45, 7) is 0.265. The van der Waals surface area contributed by atoms with E-state index in [0.717, 1.165) is 10.0 Å². The minimum Gasteiger partial charge on any atom is -0.377 e. The van der Waals surface area contributed by atoms with Gasteiger partial charge in [0.1, 0.15) is 5.82 Å². The van der Waals surface area contributed by atoms with Gasteiger partial charge in [0.2, 0.25) is 0 Å². The number of rotatable bonds is 6. The summed E-state index contributed by atoms with van der Waals surface area (Å²) in [5, 5.41) is 5.67. The van der Waals surface area contributed by atoms with Crippen LogP contribution in [0, 0.1) is 5.82 Å². The standard InChI is InChI=1S/C23H21BrFN3O2/c1-28(2)21-12-11-19(27-22(29)16-5-7-17(24)8-6-16)13-20(21)23(30)26-14-15-3-9-18(25)10-4-15/h3-13H,14H2,1-2H3,(H,26,30)(H,27,29). The number of carbonyl (C=O) groups is 2. The van der Waals surface area contributed by atoms with Gasteiger partial charge in [-0.15, -0.1) is 0 Å². The van der Waals surface area contributed by atoms with Crippen LogP contribution in [0.2, 0.25) is 0 Å². The number of amides is 2. The number of halogens is 2. The molecule has 2 N–H and O–H groups in total. The van der Waals surface area contributed by atoms with E-state index in [1.54, 1.807) is 54.6 Å². The fourth-order valence-electron chi connectivity index (χ4n) is 2.87. The second-order valence-electron chi connectivity index (χ2n) is 6.90. The molecule has 0 heterocycles. The average molecular weight is 470 g/mol. The summed E-state index contributed by atoms with van der Waals surface area (Å²) in [7, 11) is 3.68. The summed E-state index contributed by atoms with van der Waals surface area (Å²) in [6, 6.07) is 18.1. The maximum absolute atomic E-state index is 13.1. The van der Waals surface area contributed by atoms with E-state index in [1.807, 2.05) is 19.0 Å². The molecular weight excluding hydrogens is 449 g/mol. The molecule has 3 rings (SSSR count). The quantitative estimate of drug-likeness (QED) is 0.542. The lowest BCUT2D eigenvalue weighted by molar-refractivity contribution is 0.0950. The molecule has 3 aromatic rings. The van der Waals surface area contributed by atoms with Gasteiger partial charge < -0.3 is 15.5 Å². The fraction of sp³-hybridized carbons (Fsp3) is 0.130. The molecule has 0 aliphatic carbocycles. The Labute approximate surface area is 183 Å². The van der Waals surface area contributed by atoms with Crippen molar-refractivity contribution in [1.29, 1.82) is 0 Å². The highest BCUT2D eigenvalue weighted by Crippen LogP contribution is 2.24. The predicted octanol–water partition coefficient (Wildman–Crippen LogP) is 4.84. The Kier molecular flexibility index (Phi) is 6.84. The van der Waals surface area contributed by atoms with E-state index in [4.69, 9.17) is 0 Å². The Hall–Kier alpha value is -3.19. The Morgan fingerprint density at radius 1 is 0.933 bits per heavy atom. The van der Waals surface area contributed by atoms with Gasteiger partial charge >= 0.3 is 0 Å². The highest BCUT2D eigenvalue weighted by atomic mass is 79.9. The van der Waals surface area contributed by atoms with E-state index in [9.17, 15) is 14.0 Å². The third-order valence-corrected chi connectivity index (χ3v) is 4.98. The van der Waals surface area contributed by atoms with Crippen LogP contribution in [0.1, 0.15) is 26.3 Å². The van der Waals surface area contributed by atoms with Gasteiger partial charge in [0.15, 0.2) is 0 Å². The average Bonchev–Trinajstić information content (AvgIpc) is 2.73. The van der Waals surface area contributed by atoms with Crippen molar-refractivity contribution in [3.8, 4) is 0 Å². The highest BCUT2D eigenvalue weighted by Gasteiger charge is 2.15. The number of hydrogen-bond acceptors (Lipinski definition) is 3. The van der Waals surface area contributed by atoms with E-state index in [1.165, 1.54) is 12.1 Å². The zero-order valence-electron chi connectivity index (χ0n) is 16.6. The Balaban J connectivity index is 1.77. The lowest BCUT2D eigenvalue weighted by Crippen LogP contribution is -2.25. The van der Waals surface area contributed by atoms with E-state index in [-0.39, 0.29) is 24.2 Å². The molecule has 0 aliphatic rings. The zero-order chi connectivity index (χ0) is 21.7. The monoisotopic (exact) mass is 469 g/mol. The first-order valence-corrected chi connectivity index (χ1v) is 10.0. The molecule has 30 heavy (non-hydrogen) atoms. The first-order valence-electron chi connectivity index (χ1n) is 9.24. The summed E-state index contributed by atoms with van der Waals surface area (Å²) >= 11 is 3.34. The number of nitrogens with zero attached hydrogens (tertiary/aromatic N) is 1. The van der Waals surface area contributed by atoms with Gasteiger partial charge in [0, 0.05) is 42.1 Å². The molecule has 0 saturated carbocycles. The van der Waals surface area contributed by atoms with Crippen LogP contribution in [0.4, 0.5) is 15.8 Å². The van der Waals surface area contributed by atoms with Crippen molar-refractivity contribution in [3.63, 3.8) is 0 Å². The Morgan fingerprint density at radius 3 is 2.23 bits per heavy atom.